The summed E-state index contributed by atoms with van der Waals surface area (Å²) in [6.07, 6.45) is 0.884. The number of guanidine groups is 1. The zero-order chi connectivity index (χ0) is 19.5. The van der Waals surface area contributed by atoms with Crippen LogP contribution < -0.4 is 16.0 Å². The van der Waals surface area contributed by atoms with Gasteiger partial charge < -0.3 is 16.0 Å². The second kappa shape index (κ2) is 11.3. The molecule has 27 heavy (non-hydrogen) atoms. The lowest BCUT2D eigenvalue weighted by Gasteiger charge is -2.16. The molecular weight excluding hydrogens is 356 g/mol. The van der Waals surface area contributed by atoms with Crippen LogP contribution in [0.5, 0.6) is 0 Å². The van der Waals surface area contributed by atoms with Gasteiger partial charge >= 0.3 is 0 Å². The molecule has 0 saturated carbocycles. The summed E-state index contributed by atoms with van der Waals surface area (Å²) in [4.78, 5) is 16.6. The van der Waals surface area contributed by atoms with Gasteiger partial charge in [0, 0.05) is 42.9 Å². The van der Waals surface area contributed by atoms with Gasteiger partial charge in [-0.15, -0.1) is 11.8 Å². The van der Waals surface area contributed by atoms with E-state index in [2.05, 4.69) is 52.1 Å². The van der Waals surface area contributed by atoms with Crippen LogP contribution >= 0.6 is 11.8 Å². The van der Waals surface area contributed by atoms with Crippen molar-refractivity contribution in [2.45, 2.75) is 30.4 Å². The molecule has 5 nitrogen and oxygen atoms in total. The van der Waals surface area contributed by atoms with E-state index in [4.69, 9.17) is 0 Å². The Morgan fingerprint density at radius 1 is 1.07 bits per heavy atom. The third-order valence-corrected chi connectivity index (χ3v) is 4.95. The lowest BCUT2D eigenvalue weighted by atomic mass is 10.1. The first-order chi connectivity index (χ1) is 13.1. The molecule has 0 aliphatic carbocycles. The zero-order valence-electron chi connectivity index (χ0n) is 16.2. The highest BCUT2D eigenvalue weighted by molar-refractivity contribution is 8.00. The number of carbonyl (C=O) groups is 1. The molecule has 0 aromatic heterocycles. The Labute approximate surface area is 166 Å². The predicted octanol–water partition coefficient (Wildman–Crippen LogP) is 3.53. The molecule has 2 aromatic rings. The molecule has 0 fully saturated rings. The molecule has 2 rings (SSSR count). The number of anilines is 1. The highest BCUT2D eigenvalue weighted by atomic mass is 32.2. The van der Waals surface area contributed by atoms with Crippen LogP contribution in [-0.4, -0.2) is 37.3 Å². The third-order valence-electron chi connectivity index (χ3n) is 3.84. The maximum Gasteiger partial charge on any atom is 0.221 e. The average Bonchev–Trinajstić information content (AvgIpc) is 2.66. The molecule has 0 spiro atoms. The molecule has 0 bridgehead atoms. The molecule has 0 heterocycles. The second-order valence-corrected chi connectivity index (χ2v) is 7.76. The summed E-state index contributed by atoms with van der Waals surface area (Å²) in [5.74, 6) is 0.754. The quantitative estimate of drug-likeness (QED) is 0.370. The van der Waals surface area contributed by atoms with Crippen molar-refractivity contribution in [2.24, 2.45) is 4.99 Å². The Morgan fingerprint density at radius 3 is 2.41 bits per heavy atom. The zero-order valence-corrected chi connectivity index (χ0v) is 17.0. The molecule has 1 unspecified atom stereocenters. The van der Waals surface area contributed by atoms with Crippen molar-refractivity contribution in [1.29, 1.82) is 0 Å². The Bertz CT molecular complexity index is 732. The summed E-state index contributed by atoms with van der Waals surface area (Å²) < 4.78 is 0. The number of nitrogens with zero attached hydrogens (tertiary/aromatic N) is 1. The number of nitrogens with one attached hydrogen (secondary N) is 3. The van der Waals surface area contributed by atoms with E-state index in [1.807, 2.05) is 42.1 Å². The Hall–Kier alpha value is -2.47. The van der Waals surface area contributed by atoms with Crippen LogP contribution in [0, 0.1) is 0 Å². The molecule has 2 aromatic carbocycles. The van der Waals surface area contributed by atoms with Crippen molar-refractivity contribution < 1.29 is 4.79 Å². The Kier molecular flexibility index (Phi) is 8.71. The first-order valence-corrected chi connectivity index (χ1v) is 9.97. The van der Waals surface area contributed by atoms with E-state index in [0.29, 0.717) is 5.25 Å². The third kappa shape index (κ3) is 8.17. The lowest BCUT2D eigenvalue weighted by molar-refractivity contribution is -0.114. The fraction of sp³-hybridized carbons (Fsp3) is 0.333. The molecule has 0 aliphatic rings. The number of thioether (sulfide) groups is 1. The lowest BCUT2D eigenvalue weighted by Crippen LogP contribution is -2.40. The minimum Gasteiger partial charge on any atom is -0.356 e. The topological polar surface area (TPSA) is 65.5 Å². The van der Waals surface area contributed by atoms with Crippen LogP contribution in [-0.2, 0) is 11.2 Å². The van der Waals surface area contributed by atoms with Crippen molar-refractivity contribution >= 4 is 29.3 Å². The maximum absolute atomic E-state index is 11.0. The van der Waals surface area contributed by atoms with Gasteiger partial charge in [-0.3, -0.25) is 9.79 Å². The molecule has 0 saturated heterocycles. The van der Waals surface area contributed by atoms with Gasteiger partial charge in [-0.1, -0.05) is 37.3 Å². The summed E-state index contributed by atoms with van der Waals surface area (Å²) in [6, 6.07) is 18.3. The summed E-state index contributed by atoms with van der Waals surface area (Å²) in [5.41, 5.74) is 2.03. The van der Waals surface area contributed by atoms with Gasteiger partial charge in [0.25, 0.3) is 0 Å². The minimum atomic E-state index is -0.0565. The fourth-order valence-corrected chi connectivity index (χ4v) is 3.46. The molecule has 6 heteroatoms. The molecule has 0 aliphatic heterocycles. The number of hydrogen-bond donors (Lipinski definition) is 3. The number of aliphatic imine (C=N–C) groups is 1. The number of rotatable bonds is 8. The summed E-state index contributed by atoms with van der Waals surface area (Å²) in [7, 11) is 1.78. The monoisotopic (exact) mass is 384 g/mol. The van der Waals surface area contributed by atoms with Crippen LogP contribution in [0.3, 0.4) is 0 Å². The standard InChI is InChI=1S/C21H28N4OS/c1-16(27-20-7-5-4-6-8-20)15-24-21(22-3)23-14-13-18-9-11-19(12-10-18)25-17(2)26/h4-12,16H,13-15H2,1-3H3,(H,25,26)(H2,22,23,24). The molecule has 1 atom stereocenters. The maximum atomic E-state index is 11.0. The van der Waals surface area contributed by atoms with E-state index < -0.39 is 0 Å². The van der Waals surface area contributed by atoms with Crippen molar-refractivity contribution in [3.05, 3.63) is 60.2 Å². The van der Waals surface area contributed by atoms with Gasteiger partial charge in [-0.05, 0) is 36.2 Å². The first-order valence-electron chi connectivity index (χ1n) is 9.09. The van der Waals surface area contributed by atoms with Crippen LogP contribution in [0.1, 0.15) is 19.4 Å². The van der Waals surface area contributed by atoms with Gasteiger partial charge in [0.05, 0.1) is 0 Å². The smallest absolute Gasteiger partial charge is 0.221 e. The van der Waals surface area contributed by atoms with E-state index in [9.17, 15) is 4.79 Å². The van der Waals surface area contributed by atoms with Crippen molar-refractivity contribution in [3.8, 4) is 0 Å². The van der Waals surface area contributed by atoms with E-state index in [1.54, 1.807) is 7.05 Å². The molecule has 3 N–H and O–H groups in total. The predicted molar refractivity (Wildman–Crippen MR) is 116 cm³/mol. The molecule has 0 radical (unpaired) electrons. The number of benzene rings is 2. The molecule has 1 amide bonds. The largest absolute Gasteiger partial charge is 0.356 e. The Morgan fingerprint density at radius 2 is 1.78 bits per heavy atom. The van der Waals surface area contributed by atoms with E-state index >= 15 is 0 Å². The van der Waals surface area contributed by atoms with Gasteiger partial charge in [0.1, 0.15) is 0 Å². The summed E-state index contributed by atoms with van der Waals surface area (Å²) in [6.45, 7) is 5.34. The first kappa shape index (κ1) is 20.8. The van der Waals surface area contributed by atoms with Gasteiger partial charge in [-0.2, -0.15) is 0 Å². The number of carbonyl (C=O) groups excluding carboxylic acids is 1. The van der Waals surface area contributed by atoms with Gasteiger partial charge in [0.15, 0.2) is 5.96 Å². The second-order valence-electron chi connectivity index (χ2n) is 6.25. The summed E-state index contributed by atoms with van der Waals surface area (Å²) >= 11 is 1.85. The minimum absolute atomic E-state index is 0.0565. The average molecular weight is 385 g/mol. The normalized spacial score (nSPS) is 12.3. The van der Waals surface area contributed by atoms with E-state index in [-0.39, 0.29) is 5.91 Å². The van der Waals surface area contributed by atoms with Crippen LogP contribution in [0.2, 0.25) is 0 Å². The van der Waals surface area contributed by atoms with E-state index in [0.717, 1.165) is 31.2 Å². The SMILES string of the molecule is CN=C(NCCc1ccc(NC(C)=O)cc1)NCC(C)Sc1ccccc1. The molecular formula is C21H28N4OS. The van der Waals surface area contributed by atoms with Crippen molar-refractivity contribution in [2.75, 3.05) is 25.5 Å². The fourth-order valence-electron chi connectivity index (χ4n) is 2.52. The summed E-state index contributed by atoms with van der Waals surface area (Å²) in [5, 5.41) is 9.93. The van der Waals surface area contributed by atoms with Crippen molar-refractivity contribution in [3.63, 3.8) is 0 Å². The van der Waals surface area contributed by atoms with Crippen LogP contribution in [0.15, 0.2) is 64.5 Å². The molecule has 144 valence electrons. The Balaban J connectivity index is 1.70. The number of amides is 1. The highest BCUT2D eigenvalue weighted by Gasteiger charge is 2.06. The van der Waals surface area contributed by atoms with E-state index in [1.165, 1.54) is 17.4 Å². The number of hydrogen-bond acceptors (Lipinski definition) is 3. The van der Waals surface area contributed by atoms with Crippen LogP contribution in [0.25, 0.3) is 0 Å². The highest BCUT2D eigenvalue weighted by Crippen LogP contribution is 2.21. The van der Waals surface area contributed by atoms with Crippen molar-refractivity contribution in [1.82, 2.24) is 10.6 Å². The van der Waals surface area contributed by atoms with Gasteiger partial charge in [-0.25, -0.2) is 0 Å². The van der Waals surface area contributed by atoms with Gasteiger partial charge in [0.2, 0.25) is 5.91 Å². The van der Waals surface area contributed by atoms with Crippen LogP contribution in [0.4, 0.5) is 5.69 Å².